The number of rotatable bonds is 5. The van der Waals surface area contributed by atoms with Crippen LogP contribution in [0.2, 0.25) is 0 Å². The zero-order chi connectivity index (χ0) is 16.1. The van der Waals surface area contributed by atoms with Crippen LogP contribution < -0.4 is 0 Å². The zero-order valence-corrected chi connectivity index (χ0v) is 12.0. The Morgan fingerprint density at radius 1 is 1.20 bits per heavy atom. The highest BCUT2D eigenvalue weighted by Gasteiger charge is 2.49. The van der Waals surface area contributed by atoms with Crippen LogP contribution in [0.1, 0.15) is 27.7 Å². The SMILES string of the molecule is C=C/C=C/C(C)C(C(=O)OC(C)(C)C)C(=O)C(F)(F)F. The molecular formula is C14H19F3O3. The van der Waals surface area contributed by atoms with E-state index in [1.165, 1.54) is 45.9 Å². The van der Waals surface area contributed by atoms with E-state index in [0.717, 1.165) is 0 Å². The summed E-state index contributed by atoms with van der Waals surface area (Å²) in [6, 6.07) is 0. The lowest BCUT2D eigenvalue weighted by atomic mass is 9.89. The average molecular weight is 292 g/mol. The Bertz CT molecular complexity index is 403. The molecule has 0 aliphatic heterocycles. The van der Waals surface area contributed by atoms with Gasteiger partial charge in [-0.1, -0.05) is 31.7 Å². The van der Waals surface area contributed by atoms with Crippen LogP contribution in [0.15, 0.2) is 24.8 Å². The second-order valence-corrected chi connectivity index (χ2v) is 5.35. The highest BCUT2D eigenvalue weighted by Crippen LogP contribution is 2.28. The average Bonchev–Trinajstić information content (AvgIpc) is 2.22. The predicted octanol–water partition coefficient (Wildman–Crippen LogP) is 3.45. The molecule has 114 valence electrons. The van der Waals surface area contributed by atoms with Crippen molar-refractivity contribution in [3.8, 4) is 0 Å². The number of ether oxygens (including phenoxy) is 1. The Morgan fingerprint density at radius 2 is 1.70 bits per heavy atom. The number of hydrogen-bond donors (Lipinski definition) is 0. The number of alkyl halides is 3. The maximum atomic E-state index is 12.6. The number of ketones is 1. The number of Topliss-reactive ketones (excluding diaryl/α,β-unsaturated/α-hetero) is 1. The maximum Gasteiger partial charge on any atom is 0.450 e. The van der Waals surface area contributed by atoms with Crippen molar-refractivity contribution in [1.82, 2.24) is 0 Å². The van der Waals surface area contributed by atoms with Crippen molar-refractivity contribution in [2.75, 3.05) is 0 Å². The first kappa shape index (κ1) is 18.4. The van der Waals surface area contributed by atoms with Gasteiger partial charge in [-0.2, -0.15) is 13.2 Å². The van der Waals surface area contributed by atoms with E-state index in [-0.39, 0.29) is 0 Å². The Kier molecular flexibility index (Phi) is 6.19. The fourth-order valence-electron chi connectivity index (χ4n) is 1.47. The molecule has 0 rings (SSSR count). The predicted molar refractivity (Wildman–Crippen MR) is 68.9 cm³/mol. The van der Waals surface area contributed by atoms with Crippen molar-refractivity contribution in [3.63, 3.8) is 0 Å². The highest BCUT2D eigenvalue weighted by molar-refractivity contribution is 6.02. The van der Waals surface area contributed by atoms with Crippen molar-refractivity contribution < 1.29 is 27.5 Å². The summed E-state index contributed by atoms with van der Waals surface area (Å²) >= 11 is 0. The van der Waals surface area contributed by atoms with Crippen LogP contribution in [0.25, 0.3) is 0 Å². The minimum Gasteiger partial charge on any atom is -0.459 e. The summed E-state index contributed by atoms with van der Waals surface area (Å²) in [6.45, 7) is 9.28. The number of halogens is 3. The van der Waals surface area contributed by atoms with Gasteiger partial charge in [-0.15, -0.1) is 0 Å². The monoisotopic (exact) mass is 292 g/mol. The number of esters is 1. The molecule has 0 heterocycles. The third-order valence-corrected chi connectivity index (χ3v) is 2.30. The van der Waals surface area contributed by atoms with Crippen molar-refractivity contribution in [2.24, 2.45) is 11.8 Å². The largest absolute Gasteiger partial charge is 0.459 e. The van der Waals surface area contributed by atoms with E-state index in [9.17, 15) is 22.8 Å². The van der Waals surface area contributed by atoms with Crippen LogP contribution in [-0.2, 0) is 14.3 Å². The van der Waals surface area contributed by atoms with Crippen LogP contribution in [0.5, 0.6) is 0 Å². The van der Waals surface area contributed by atoms with Gasteiger partial charge in [0.15, 0.2) is 0 Å². The summed E-state index contributed by atoms with van der Waals surface area (Å²) in [5.74, 6) is -6.14. The van der Waals surface area contributed by atoms with E-state index < -0.39 is 35.4 Å². The normalized spacial score (nSPS) is 15.8. The minimum absolute atomic E-state index is 0.947. The fraction of sp³-hybridized carbons (Fsp3) is 0.571. The Labute approximate surface area is 116 Å². The van der Waals surface area contributed by atoms with Crippen LogP contribution in [-0.4, -0.2) is 23.5 Å². The molecule has 0 aliphatic rings. The lowest BCUT2D eigenvalue weighted by Crippen LogP contribution is -2.41. The first-order valence-electron chi connectivity index (χ1n) is 6.03. The summed E-state index contributed by atoms with van der Waals surface area (Å²) in [5.41, 5.74) is -0.969. The summed E-state index contributed by atoms with van der Waals surface area (Å²) in [4.78, 5) is 23.3. The van der Waals surface area contributed by atoms with Crippen LogP contribution in [0.3, 0.4) is 0 Å². The molecule has 3 nitrogen and oxygen atoms in total. The van der Waals surface area contributed by atoms with Crippen LogP contribution in [0, 0.1) is 11.8 Å². The molecule has 0 radical (unpaired) electrons. The minimum atomic E-state index is -5.09. The quantitative estimate of drug-likeness (QED) is 0.443. The molecule has 0 N–H and O–H groups in total. The zero-order valence-electron chi connectivity index (χ0n) is 12.0. The van der Waals surface area contributed by atoms with Gasteiger partial charge in [-0.05, 0) is 26.7 Å². The first-order valence-corrected chi connectivity index (χ1v) is 6.03. The lowest BCUT2D eigenvalue weighted by Gasteiger charge is -2.25. The van der Waals surface area contributed by atoms with Gasteiger partial charge >= 0.3 is 12.1 Å². The van der Waals surface area contributed by atoms with E-state index in [2.05, 4.69) is 6.58 Å². The van der Waals surface area contributed by atoms with Crippen molar-refractivity contribution in [2.45, 2.75) is 39.5 Å². The van der Waals surface area contributed by atoms with E-state index in [1.54, 1.807) is 0 Å². The molecule has 0 aromatic heterocycles. The first-order chi connectivity index (χ1) is 8.90. The molecular weight excluding hydrogens is 273 g/mol. The molecule has 0 aliphatic carbocycles. The summed E-state index contributed by atoms with van der Waals surface area (Å²) in [6.07, 6.45) is -1.05. The maximum absolute atomic E-state index is 12.6. The molecule has 20 heavy (non-hydrogen) atoms. The lowest BCUT2D eigenvalue weighted by molar-refractivity contribution is -0.185. The van der Waals surface area contributed by atoms with Crippen LogP contribution >= 0.6 is 0 Å². The third-order valence-electron chi connectivity index (χ3n) is 2.30. The Hall–Kier alpha value is -1.59. The summed E-state index contributed by atoms with van der Waals surface area (Å²) < 4.78 is 42.6. The van der Waals surface area contributed by atoms with Gasteiger partial charge in [0.1, 0.15) is 11.5 Å². The third kappa shape index (κ3) is 6.04. The van der Waals surface area contributed by atoms with Gasteiger partial charge < -0.3 is 4.74 Å². The number of hydrogen-bond acceptors (Lipinski definition) is 3. The molecule has 0 bridgehead atoms. The Balaban J connectivity index is 5.37. The van der Waals surface area contributed by atoms with E-state index >= 15 is 0 Å². The van der Waals surface area contributed by atoms with Crippen molar-refractivity contribution in [1.29, 1.82) is 0 Å². The van der Waals surface area contributed by atoms with Crippen molar-refractivity contribution in [3.05, 3.63) is 24.8 Å². The molecule has 0 saturated carbocycles. The van der Waals surface area contributed by atoms with E-state index in [1.807, 2.05) is 0 Å². The van der Waals surface area contributed by atoms with E-state index in [0.29, 0.717) is 0 Å². The molecule has 0 aromatic carbocycles. The van der Waals surface area contributed by atoms with Gasteiger partial charge in [0.05, 0.1) is 0 Å². The summed E-state index contributed by atoms with van der Waals surface area (Å²) in [5, 5.41) is 0. The smallest absolute Gasteiger partial charge is 0.450 e. The molecule has 2 unspecified atom stereocenters. The Morgan fingerprint density at radius 3 is 2.05 bits per heavy atom. The number of carbonyl (C=O) groups excluding carboxylic acids is 2. The van der Waals surface area contributed by atoms with Gasteiger partial charge in [0.25, 0.3) is 5.78 Å². The molecule has 0 saturated heterocycles. The second-order valence-electron chi connectivity index (χ2n) is 5.35. The fourth-order valence-corrected chi connectivity index (χ4v) is 1.47. The molecule has 0 aromatic rings. The van der Waals surface area contributed by atoms with Crippen LogP contribution in [0.4, 0.5) is 13.2 Å². The molecule has 0 spiro atoms. The van der Waals surface area contributed by atoms with Gasteiger partial charge in [-0.3, -0.25) is 9.59 Å². The molecule has 6 heteroatoms. The topological polar surface area (TPSA) is 43.4 Å². The van der Waals surface area contributed by atoms with Gasteiger partial charge in [0, 0.05) is 0 Å². The molecule has 0 fully saturated rings. The van der Waals surface area contributed by atoms with E-state index in [4.69, 9.17) is 4.74 Å². The van der Waals surface area contributed by atoms with Gasteiger partial charge in [-0.25, -0.2) is 0 Å². The second kappa shape index (κ2) is 6.72. The molecule has 2 atom stereocenters. The standard InChI is InChI=1S/C14H19F3O3/c1-6-7-8-9(2)10(11(18)14(15,16)17)12(19)20-13(3,4)5/h6-10H,1H2,2-5H3/b8-7+. The highest BCUT2D eigenvalue weighted by atomic mass is 19.4. The molecule has 0 amide bonds. The number of allylic oxidation sites excluding steroid dienone is 3. The van der Waals surface area contributed by atoms with Crippen molar-refractivity contribution >= 4 is 11.8 Å². The summed E-state index contributed by atoms with van der Waals surface area (Å²) in [7, 11) is 0. The van der Waals surface area contributed by atoms with Gasteiger partial charge in [0.2, 0.25) is 0 Å². The number of carbonyl (C=O) groups is 2.